The third-order valence-electron chi connectivity index (χ3n) is 4.59. The van der Waals surface area contributed by atoms with E-state index in [0.29, 0.717) is 22.0 Å². The average molecular weight is 388 g/mol. The van der Waals surface area contributed by atoms with Crippen LogP contribution in [-0.2, 0) is 13.6 Å². The summed E-state index contributed by atoms with van der Waals surface area (Å²) in [6.07, 6.45) is 3.58. The van der Waals surface area contributed by atoms with E-state index in [1.54, 1.807) is 28.3 Å². The predicted molar refractivity (Wildman–Crippen MR) is 110 cm³/mol. The highest BCUT2D eigenvalue weighted by Gasteiger charge is 2.13. The standard InChI is InChI=1S/C20H16N6OS/c1-26-19(7-14(8-21)13-4-5-28-11-13)17(10-23-26)12-2-3-15-16(6-12)18(9-22)24-25-20(15)27/h2-7,10-11H,9,22H2,1H3,(H,25,27)/b14-7+. The van der Waals surface area contributed by atoms with Gasteiger partial charge in [0.1, 0.15) is 0 Å². The van der Waals surface area contributed by atoms with Gasteiger partial charge in [-0.1, -0.05) is 6.07 Å². The van der Waals surface area contributed by atoms with E-state index in [1.165, 1.54) is 0 Å². The maximum atomic E-state index is 12.1. The molecule has 8 heteroatoms. The van der Waals surface area contributed by atoms with Crippen molar-refractivity contribution in [1.82, 2.24) is 20.0 Å². The van der Waals surface area contributed by atoms with Crippen LogP contribution < -0.4 is 11.3 Å². The van der Waals surface area contributed by atoms with E-state index in [0.717, 1.165) is 22.4 Å². The number of allylic oxidation sites excluding steroid dienone is 1. The molecular weight excluding hydrogens is 372 g/mol. The fourth-order valence-corrected chi connectivity index (χ4v) is 3.77. The third kappa shape index (κ3) is 3.03. The number of fused-ring (bicyclic) bond motifs is 1. The van der Waals surface area contributed by atoms with Gasteiger partial charge in [0.25, 0.3) is 5.56 Å². The molecule has 4 rings (SSSR count). The first kappa shape index (κ1) is 17.9. The van der Waals surface area contributed by atoms with E-state index in [9.17, 15) is 10.1 Å². The quantitative estimate of drug-likeness (QED) is 0.522. The highest BCUT2D eigenvalue weighted by atomic mass is 32.1. The molecule has 1 aromatic carbocycles. The number of benzene rings is 1. The Balaban J connectivity index is 1.90. The van der Waals surface area contributed by atoms with Crippen molar-refractivity contribution in [2.24, 2.45) is 12.8 Å². The van der Waals surface area contributed by atoms with Gasteiger partial charge in [0, 0.05) is 30.1 Å². The lowest BCUT2D eigenvalue weighted by Gasteiger charge is -2.07. The highest BCUT2D eigenvalue weighted by Crippen LogP contribution is 2.30. The Labute approximate surface area is 164 Å². The van der Waals surface area contributed by atoms with E-state index >= 15 is 0 Å². The molecule has 7 nitrogen and oxygen atoms in total. The van der Waals surface area contributed by atoms with E-state index in [2.05, 4.69) is 21.4 Å². The van der Waals surface area contributed by atoms with Crippen molar-refractivity contribution in [3.63, 3.8) is 0 Å². The fourth-order valence-electron chi connectivity index (χ4n) is 3.12. The molecule has 0 radical (unpaired) electrons. The lowest BCUT2D eigenvalue weighted by atomic mass is 10.00. The van der Waals surface area contributed by atoms with Gasteiger partial charge in [0.05, 0.1) is 34.6 Å². The Kier molecular flexibility index (Phi) is 4.61. The van der Waals surface area contributed by atoms with Crippen LogP contribution >= 0.6 is 11.3 Å². The van der Waals surface area contributed by atoms with Gasteiger partial charge in [-0.3, -0.25) is 9.48 Å². The molecule has 0 spiro atoms. The minimum Gasteiger partial charge on any atom is -0.325 e. The number of aromatic nitrogens is 4. The van der Waals surface area contributed by atoms with Gasteiger partial charge in [0.15, 0.2) is 0 Å². The molecule has 0 fully saturated rings. The van der Waals surface area contributed by atoms with Gasteiger partial charge < -0.3 is 5.73 Å². The molecule has 0 amide bonds. The summed E-state index contributed by atoms with van der Waals surface area (Å²) in [7, 11) is 1.83. The first-order valence-corrected chi connectivity index (χ1v) is 9.44. The lowest BCUT2D eigenvalue weighted by Crippen LogP contribution is -2.13. The molecule has 3 N–H and O–H groups in total. The summed E-state index contributed by atoms with van der Waals surface area (Å²) >= 11 is 1.54. The molecule has 0 aliphatic rings. The van der Waals surface area contributed by atoms with Crippen LogP contribution in [0.25, 0.3) is 33.5 Å². The molecule has 3 heterocycles. The summed E-state index contributed by atoms with van der Waals surface area (Å²) in [5, 5.41) is 25.6. The normalized spacial score (nSPS) is 11.7. The number of rotatable bonds is 4. The highest BCUT2D eigenvalue weighted by molar-refractivity contribution is 7.08. The van der Waals surface area contributed by atoms with Crippen LogP contribution in [0.2, 0.25) is 0 Å². The molecule has 0 bridgehead atoms. The second-order valence-electron chi connectivity index (χ2n) is 6.21. The molecule has 28 heavy (non-hydrogen) atoms. The van der Waals surface area contributed by atoms with Crippen LogP contribution in [0, 0.1) is 11.3 Å². The number of thiophene rings is 1. The minimum absolute atomic E-state index is 0.216. The molecule has 0 aliphatic heterocycles. The van der Waals surface area contributed by atoms with Gasteiger partial charge in [-0.2, -0.15) is 26.8 Å². The van der Waals surface area contributed by atoms with Crippen molar-refractivity contribution < 1.29 is 0 Å². The van der Waals surface area contributed by atoms with Crippen molar-refractivity contribution in [2.45, 2.75) is 6.54 Å². The van der Waals surface area contributed by atoms with Crippen molar-refractivity contribution in [2.75, 3.05) is 0 Å². The number of aromatic amines is 1. The van der Waals surface area contributed by atoms with Crippen LogP contribution in [0.5, 0.6) is 0 Å². The van der Waals surface area contributed by atoms with Crippen molar-refractivity contribution >= 4 is 33.8 Å². The van der Waals surface area contributed by atoms with Crippen LogP contribution in [0.15, 0.2) is 46.0 Å². The number of nitrogens with two attached hydrogens (primary N) is 1. The number of nitrogens with zero attached hydrogens (tertiary/aromatic N) is 4. The van der Waals surface area contributed by atoms with E-state index in [-0.39, 0.29) is 12.1 Å². The van der Waals surface area contributed by atoms with Gasteiger partial charge in [-0.05, 0) is 40.6 Å². The smallest absolute Gasteiger partial charge is 0.272 e. The van der Waals surface area contributed by atoms with Crippen molar-refractivity contribution in [1.29, 1.82) is 5.26 Å². The zero-order valence-electron chi connectivity index (χ0n) is 15.0. The molecule has 138 valence electrons. The summed E-state index contributed by atoms with van der Waals surface area (Å²) in [5.74, 6) is 0. The molecule has 3 aromatic heterocycles. The number of nitrogens with one attached hydrogen (secondary N) is 1. The van der Waals surface area contributed by atoms with Crippen LogP contribution in [0.3, 0.4) is 0 Å². The molecular formula is C20H16N6OS. The van der Waals surface area contributed by atoms with E-state index < -0.39 is 0 Å². The SMILES string of the molecule is Cn1ncc(-c2ccc3c(=O)[nH]nc(CN)c3c2)c1/C=C(\C#N)c1ccsc1. The molecule has 0 unspecified atom stereocenters. The fraction of sp³-hybridized carbons (Fsp3) is 0.100. The molecule has 0 atom stereocenters. The number of hydrogen-bond donors (Lipinski definition) is 2. The second-order valence-corrected chi connectivity index (χ2v) is 6.99. The summed E-state index contributed by atoms with van der Waals surface area (Å²) in [5.41, 5.74) is 10.1. The summed E-state index contributed by atoms with van der Waals surface area (Å²) in [4.78, 5) is 12.1. The Hall–Kier alpha value is -3.54. The van der Waals surface area contributed by atoms with Gasteiger partial charge in [-0.15, -0.1) is 0 Å². The van der Waals surface area contributed by atoms with Crippen molar-refractivity contribution in [3.05, 3.63) is 68.5 Å². The molecule has 4 aromatic rings. The van der Waals surface area contributed by atoms with Crippen molar-refractivity contribution in [3.8, 4) is 17.2 Å². The van der Waals surface area contributed by atoms with Gasteiger partial charge in [0.2, 0.25) is 0 Å². The number of hydrogen-bond acceptors (Lipinski definition) is 6. The Morgan fingerprint density at radius 2 is 2.25 bits per heavy atom. The van der Waals surface area contributed by atoms with Crippen LogP contribution in [-0.4, -0.2) is 20.0 Å². The maximum Gasteiger partial charge on any atom is 0.272 e. The maximum absolute atomic E-state index is 12.1. The van der Waals surface area contributed by atoms with Crippen LogP contribution in [0.4, 0.5) is 0 Å². The average Bonchev–Trinajstić information content (AvgIpc) is 3.36. The minimum atomic E-state index is -0.255. The number of aryl methyl sites for hydroxylation is 1. The van der Waals surface area contributed by atoms with E-state index in [4.69, 9.17) is 5.73 Å². The molecule has 0 saturated heterocycles. The largest absolute Gasteiger partial charge is 0.325 e. The third-order valence-corrected chi connectivity index (χ3v) is 5.27. The first-order chi connectivity index (χ1) is 13.6. The Bertz CT molecular complexity index is 1290. The lowest BCUT2D eigenvalue weighted by molar-refractivity contribution is 0.760. The predicted octanol–water partition coefficient (Wildman–Crippen LogP) is 2.91. The molecule has 0 aliphatic carbocycles. The monoisotopic (exact) mass is 388 g/mol. The first-order valence-electron chi connectivity index (χ1n) is 8.50. The number of nitriles is 1. The summed E-state index contributed by atoms with van der Waals surface area (Å²) in [6.45, 7) is 0.216. The van der Waals surface area contributed by atoms with Gasteiger partial charge in [-0.25, -0.2) is 5.10 Å². The van der Waals surface area contributed by atoms with Gasteiger partial charge >= 0.3 is 0 Å². The topological polar surface area (TPSA) is 113 Å². The Morgan fingerprint density at radius 3 is 2.96 bits per heavy atom. The Morgan fingerprint density at radius 1 is 1.39 bits per heavy atom. The molecule has 0 saturated carbocycles. The number of H-pyrrole nitrogens is 1. The summed E-state index contributed by atoms with van der Waals surface area (Å²) in [6, 6.07) is 9.69. The zero-order chi connectivity index (χ0) is 19.7. The summed E-state index contributed by atoms with van der Waals surface area (Å²) < 4.78 is 1.73. The van der Waals surface area contributed by atoms with Crippen LogP contribution in [0.1, 0.15) is 17.0 Å². The van der Waals surface area contributed by atoms with E-state index in [1.807, 2.05) is 42.1 Å². The second kappa shape index (κ2) is 7.23. The zero-order valence-corrected chi connectivity index (χ0v) is 15.8.